The third kappa shape index (κ3) is 33.0. The molecule has 0 saturated heterocycles. The van der Waals surface area contributed by atoms with Crippen LogP contribution in [-0.4, -0.2) is 60.3 Å². The highest BCUT2D eigenvalue weighted by Crippen LogP contribution is 2.13. The summed E-state index contributed by atoms with van der Waals surface area (Å²) in [5.74, 6) is -2.55. The first kappa shape index (κ1) is 31.3. The Morgan fingerprint density at radius 3 is 1.45 bits per heavy atom. The van der Waals surface area contributed by atoms with Gasteiger partial charge in [-0.2, -0.15) is 0 Å². The van der Waals surface area contributed by atoms with Crippen LogP contribution in [0.25, 0.3) is 0 Å². The minimum absolute atomic E-state index is 0.0325. The second kappa shape index (κ2) is 24.4. The summed E-state index contributed by atoms with van der Waals surface area (Å²) in [5, 5.41) is 15.6. The maximum absolute atomic E-state index is 11.5. The maximum Gasteiger partial charge on any atom is 0.328 e. The smallest absolute Gasteiger partial charge is 0.328 e. The zero-order chi connectivity index (χ0) is 23.7. The van der Waals surface area contributed by atoms with Gasteiger partial charge in [-0.05, 0) is 20.5 Å². The number of likely N-dealkylation sites (N-methyl/N-ethyl adjacent to an activating group) is 1. The molecule has 7 heteroatoms. The van der Waals surface area contributed by atoms with E-state index in [9.17, 15) is 14.4 Å². The summed E-state index contributed by atoms with van der Waals surface area (Å²) in [6.45, 7) is 3.60. The topological polar surface area (TPSA) is 104 Å². The first-order valence-electron chi connectivity index (χ1n) is 11.7. The molecule has 2 N–H and O–H groups in total. The van der Waals surface area contributed by atoms with Crippen molar-refractivity contribution in [1.82, 2.24) is 4.90 Å². The van der Waals surface area contributed by atoms with Gasteiger partial charge in [0.1, 0.15) is 6.61 Å². The highest BCUT2D eigenvalue weighted by molar-refractivity contribution is 5.89. The van der Waals surface area contributed by atoms with Crippen LogP contribution in [0, 0.1) is 0 Å². The van der Waals surface area contributed by atoms with Gasteiger partial charge in [-0.1, -0.05) is 84.0 Å². The average molecular weight is 444 g/mol. The predicted molar refractivity (Wildman–Crippen MR) is 124 cm³/mol. The first-order chi connectivity index (χ1) is 14.8. The van der Waals surface area contributed by atoms with Crippen LogP contribution in [0.4, 0.5) is 0 Å². The van der Waals surface area contributed by atoms with Gasteiger partial charge >= 0.3 is 17.9 Å². The number of aliphatic carboxylic acids is 2. The molecule has 0 aliphatic heterocycles. The van der Waals surface area contributed by atoms with Crippen LogP contribution in [0.5, 0.6) is 0 Å². The maximum atomic E-state index is 11.5. The van der Waals surface area contributed by atoms with Gasteiger partial charge in [-0.15, -0.1) is 0 Å². The van der Waals surface area contributed by atoms with E-state index in [1.165, 1.54) is 77.0 Å². The summed E-state index contributed by atoms with van der Waals surface area (Å²) in [5.41, 5.74) is 0. The quantitative estimate of drug-likeness (QED) is 0.159. The van der Waals surface area contributed by atoms with Gasteiger partial charge in [-0.3, -0.25) is 4.79 Å². The van der Waals surface area contributed by atoms with Crippen LogP contribution in [0.15, 0.2) is 12.2 Å². The summed E-state index contributed by atoms with van der Waals surface area (Å²) in [4.78, 5) is 32.6. The number of carboxylic acids is 2. The molecule has 0 spiro atoms. The van der Waals surface area contributed by atoms with Crippen molar-refractivity contribution in [3.05, 3.63) is 12.2 Å². The van der Waals surface area contributed by atoms with Gasteiger partial charge in [0.25, 0.3) is 0 Å². The molecule has 0 aromatic rings. The number of hydrogen-bond donors (Lipinski definition) is 2. The van der Waals surface area contributed by atoms with Crippen molar-refractivity contribution in [3.63, 3.8) is 0 Å². The zero-order valence-electron chi connectivity index (χ0n) is 19.9. The standard InChI is InChI=1S/C20H41NO2.C4H4O4/c1-4-5-6-7-8-9-10-11-12-13-14-15-16-17-20(22)23-19-18-21(2)3;5-3(6)1-2-4(7)8/h4-19H2,1-3H3;1-2H,(H,5,6)(H,7,8)/b;2-1+. The molecule has 0 rings (SSSR count). The number of rotatable bonds is 19. The number of carbonyl (C=O) groups excluding carboxylic acids is 1. The highest BCUT2D eigenvalue weighted by atomic mass is 16.5. The minimum Gasteiger partial charge on any atom is -0.478 e. The largest absolute Gasteiger partial charge is 0.478 e. The molecule has 0 aromatic heterocycles. The molecule has 0 radical (unpaired) electrons. The predicted octanol–water partition coefficient (Wildman–Crippen LogP) is 5.28. The van der Waals surface area contributed by atoms with Crippen LogP contribution >= 0.6 is 0 Å². The van der Waals surface area contributed by atoms with Crippen molar-refractivity contribution in [2.24, 2.45) is 0 Å². The van der Waals surface area contributed by atoms with Crippen LogP contribution in [0.1, 0.15) is 96.8 Å². The van der Waals surface area contributed by atoms with E-state index in [-0.39, 0.29) is 5.97 Å². The van der Waals surface area contributed by atoms with E-state index in [1.807, 2.05) is 19.0 Å². The lowest BCUT2D eigenvalue weighted by Crippen LogP contribution is -2.20. The molecule has 0 aromatic carbocycles. The second-order valence-electron chi connectivity index (χ2n) is 8.03. The normalized spacial score (nSPS) is 10.7. The Labute approximate surface area is 188 Å². The highest BCUT2D eigenvalue weighted by Gasteiger charge is 2.02. The van der Waals surface area contributed by atoms with E-state index in [1.54, 1.807) is 0 Å². The third-order valence-electron chi connectivity index (χ3n) is 4.65. The van der Waals surface area contributed by atoms with Crippen LogP contribution in [0.2, 0.25) is 0 Å². The van der Waals surface area contributed by atoms with Crippen LogP contribution < -0.4 is 0 Å². The van der Waals surface area contributed by atoms with Crippen LogP contribution in [0.3, 0.4) is 0 Å². The van der Waals surface area contributed by atoms with E-state index < -0.39 is 11.9 Å². The van der Waals surface area contributed by atoms with Crippen molar-refractivity contribution in [2.75, 3.05) is 27.2 Å². The number of carboxylic acid groups (broad SMARTS) is 2. The molecule has 0 heterocycles. The number of nitrogens with zero attached hydrogens (tertiary/aromatic N) is 1. The molecular weight excluding hydrogens is 398 g/mol. The molecule has 0 fully saturated rings. The Morgan fingerprint density at radius 2 is 1.10 bits per heavy atom. The third-order valence-corrected chi connectivity index (χ3v) is 4.65. The molecule has 0 unspecified atom stereocenters. The lowest BCUT2D eigenvalue weighted by molar-refractivity contribution is -0.144. The van der Waals surface area contributed by atoms with E-state index in [0.29, 0.717) is 25.2 Å². The van der Waals surface area contributed by atoms with Gasteiger partial charge in [0, 0.05) is 25.1 Å². The number of unbranched alkanes of at least 4 members (excludes halogenated alkanes) is 12. The van der Waals surface area contributed by atoms with Gasteiger partial charge in [0.15, 0.2) is 0 Å². The van der Waals surface area contributed by atoms with E-state index in [4.69, 9.17) is 14.9 Å². The van der Waals surface area contributed by atoms with Gasteiger partial charge in [0.2, 0.25) is 0 Å². The van der Waals surface area contributed by atoms with Gasteiger partial charge in [-0.25, -0.2) is 9.59 Å². The van der Waals surface area contributed by atoms with Crippen molar-refractivity contribution in [1.29, 1.82) is 0 Å². The molecule has 7 nitrogen and oxygen atoms in total. The second-order valence-corrected chi connectivity index (χ2v) is 8.03. The molecular formula is C24H45NO6. The van der Waals surface area contributed by atoms with Crippen molar-refractivity contribution < 1.29 is 29.3 Å². The summed E-state index contributed by atoms with van der Waals surface area (Å²) in [7, 11) is 3.97. The minimum atomic E-state index is -1.26. The van der Waals surface area contributed by atoms with Gasteiger partial charge in [0.05, 0.1) is 0 Å². The van der Waals surface area contributed by atoms with E-state index in [2.05, 4.69) is 6.92 Å². The summed E-state index contributed by atoms with van der Waals surface area (Å²) < 4.78 is 5.18. The summed E-state index contributed by atoms with van der Waals surface area (Å²) in [6, 6.07) is 0. The number of carbonyl (C=O) groups is 3. The number of esters is 1. The molecule has 0 amide bonds. The average Bonchev–Trinajstić information content (AvgIpc) is 2.70. The Bertz CT molecular complexity index is 461. The van der Waals surface area contributed by atoms with Crippen molar-refractivity contribution >= 4 is 17.9 Å². The van der Waals surface area contributed by atoms with E-state index >= 15 is 0 Å². The lowest BCUT2D eigenvalue weighted by atomic mass is 10.0. The van der Waals surface area contributed by atoms with E-state index in [0.717, 1.165) is 13.0 Å². The molecule has 0 aliphatic rings. The first-order valence-corrected chi connectivity index (χ1v) is 11.7. The molecule has 31 heavy (non-hydrogen) atoms. The molecule has 182 valence electrons. The summed E-state index contributed by atoms with van der Waals surface area (Å²) >= 11 is 0. The molecule has 0 saturated carbocycles. The zero-order valence-corrected chi connectivity index (χ0v) is 19.9. The van der Waals surface area contributed by atoms with Crippen LogP contribution in [-0.2, 0) is 19.1 Å². The molecule has 0 aliphatic carbocycles. The molecule has 0 atom stereocenters. The van der Waals surface area contributed by atoms with Crippen molar-refractivity contribution in [3.8, 4) is 0 Å². The summed E-state index contributed by atoms with van der Waals surface area (Å²) in [6.07, 6.45) is 19.1. The molecule has 0 bridgehead atoms. The van der Waals surface area contributed by atoms with Gasteiger partial charge < -0.3 is 19.8 Å². The Hall–Kier alpha value is -1.89. The SMILES string of the molecule is CCCCCCCCCCCCCCCC(=O)OCCN(C)C.O=C(O)/C=C/C(=O)O. The Kier molecular flexibility index (Phi) is 24.6. The lowest BCUT2D eigenvalue weighted by Gasteiger charge is -2.09. The Morgan fingerprint density at radius 1 is 0.710 bits per heavy atom. The van der Waals surface area contributed by atoms with Crippen molar-refractivity contribution in [2.45, 2.75) is 96.8 Å². The fourth-order valence-corrected chi connectivity index (χ4v) is 2.84. The Balaban J connectivity index is 0. The number of hydrogen-bond acceptors (Lipinski definition) is 5. The fourth-order valence-electron chi connectivity index (χ4n) is 2.84. The number of ether oxygens (including phenoxy) is 1. The monoisotopic (exact) mass is 443 g/mol. The fraction of sp³-hybridized carbons (Fsp3) is 0.792.